The van der Waals surface area contributed by atoms with Crippen LogP contribution in [0.4, 0.5) is 26.4 Å². The van der Waals surface area contributed by atoms with E-state index in [0.29, 0.717) is 27.8 Å². The van der Waals surface area contributed by atoms with E-state index in [9.17, 15) is 9.18 Å². The van der Waals surface area contributed by atoms with Crippen LogP contribution in [-0.2, 0) is 11.3 Å². The molecule has 8 nitrogen and oxygen atoms in total. The molecule has 0 saturated carbocycles. The largest absolute Gasteiger partial charge is 0.487 e. The van der Waals surface area contributed by atoms with Gasteiger partial charge in [-0.3, -0.25) is 0 Å². The van der Waals surface area contributed by atoms with E-state index in [1.165, 1.54) is 18.5 Å². The van der Waals surface area contributed by atoms with E-state index in [-0.39, 0.29) is 30.4 Å². The maximum absolute atomic E-state index is 13.3. The summed E-state index contributed by atoms with van der Waals surface area (Å²) in [5.41, 5.74) is 7.55. The van der Waals surface area contributed by atoms with Crippen LogP contribution in [0.3, 0.4) is 0 Å². The van der Waals surface area contributed by atoms with Gasteiger partial charge >= 0.3 is 6.09 Å². The second-order valence-electron chi connectivity index (χ2n) is 8.43. The molecule has 1 heterocycles. The van der Waals surface area contributed by atoms with Crippen LogP contribution in [0.2, 0.25) is 5.02 Å². The Balaban J connectivity index is 1.62. The summed E-state index contributed by atoms with van der Waals surface area (Å²) < 4.78 is 24.0. The highest BCUT2D eigenvalue weighted by atomic mass is 35.5. The van der Waals surface area contributed by atoms with E-state index in [1.807, 2.05) is 20.8 Å². The summed E-state index contributed by atoms with van der Waals surface area (Å²) in [7, 11) is 0. The van der Waals surface area contributed by atoms with Crippen LogP contribution in [0, 0.1) is 17.7 Å². The highest BCUT2D eigenvalue weighted by Crippen LogP contribution is 2.30. The molecule has 3 aromatic rings. The molecule has 2 aromatic carbocycles. The number of nitrogens with one attached hydrogen (secondary N) is 2. The molecule has 0 aliphatic carbocycles. The second kappa shape index (κ2) is 11.4. The highest BCUT2D eigenvalue weighted by Gasteiger charge is 2.14. The smallest absolute Gasteiger partial charge is 0.408 e. The van der Waals surface area contributed by atoms with Crippen molar-refractivity contribution in [2.24, 2.45) is 0 Å². The fraction of sp³-hybridized carbons (Fsp3) is 0.240. The third kappa shape index (κ3) is 8.05. The van der Waals surface area contributed by atoms with Gasteiger partial charge in [0.05, 0.1) is 5.02 Å². The first-order valence-electron chi connectivity index (χ1n) is 10.6. The molecule has 0 bridgehead atoms. The van der Waals surface area contributed by atoms with Gasteiger partial charge in [0.25, 0.3) is 0 Å². The molecule has 0 unspecified atom stereocenters. The van der Waals surface area contributed by atoms with E-state index in [4.69, 9.17) is 26.8 Å². The van der Waals surface area contributed by atoms with Crippen molar-refractivity contribution in [3.05, 3.63) is 70.9 Å². The molecule has 3 rings (SSSR count). The first-order chi connectivity index (χ1) is 16.6. The molecule has 0 spiro atoms. The van der Waals surface area contributed by atoms with Crippen molar-refractivity contribution in [1.82, 2.24) is 15.3 Å². The van der Waals surface area contributed by atoms with E-state index < -0.39 is 11.6 Å². The standard InChI is InChI=1S/C25H25ClFN5O3/c1-25(2,3)32-24(33)34-11-5-8-20-22(28)23(30-15-29-20)31-18-9-10-21(19(26)13-18)35-14-16-6-4-7-17(27)12-16/h4,6-7,9-10,12-13,15H,11,14,28H2,1-3H3,(H,32,33)(H,29,30,31). The van der Waals surface area contributed by atoms with Gasteiger partial charge in [0.1, 0.15) is 35.9 Å². The van der Waals surface area contributed by atoms with Gasteiger partial charge in [-0.15, -0.1) is 0 Å². The summed E-state index contributed by atoms with van der Waals surface area (Å²) in [4.78, 5) is 19.9. The Labute approximate surface area is 208 Å². The summed E-state index contributed by atoms with van der Waals surface area (Å²) in [6.07, 6.45) is 0.749. The van der Waals surface area contributed by atoms with Gasteiger partial charge in [0.2, 0.25) is 0 Å². The third-order valence-corrected chi connectivity index (χ3v) is 4.62. The van der Waals surface area contributed by atoms with Crippen LogP contribution in [0.15, 0.2) is 48.8 Å². The van der Waals surface area contributed by atoms with Crippen LogP contribution in [0.25, 0.3) is 0 Å². The number of halogens is 2. The maximum atomic E-state index is 13.3. The number of rotatable bonds is 6. The van der Waals surface area contributed by atoms with E-state index >= 15 is 0 Å². The van der Waals surface area contributed by atoms with Crippen molar-refractivity contribution in [3.63, 3.8) is 0 Å². The Bertz CT molecular complexity index is 1270. The fourth-order valence-corrected chi connectivity index (χ4v) is 3.01. The average molecular weight is 498 g/mol. The number of amides is 1. The number of nitrogens with two attached hydrogens (primary N) is 1. The summed E-state index contributed by atoms with van der Waals surface area (Å²) in [6, 6.07) is 11.2. The van der Waals surface area contributed by atoms with Gasteiger partial charge in [0.15, 0.2) is 12.4 Å². The molecule has 1 aromatic heterocycles. The summed E-state index contributed by atoms with van der Waals surface area (Å²) in [5.74, 6) is 5.92. The van der Waals surface area contributed by atoms with Crippen LogP contribution in [0.1, 0.15) is 32.0 Å². The molecule has 1 amide bonds. The molecule has 4 N–H and O–H groups in total. The lowest BCUT2D eigenvalue weighted by Crippen LogP contribution is -2.40. The Hall–Kier alpha value is -4.03. The van der Waals surface area contributed by atoms with Crippen LogP contribution >= 0.6 is 11.6 Å². The van der Waals surface area contributed by atoms with E-state index in [0.717, 1.165) is 0 Å². The van der Waals surface area contributed by atoms with Crippen LogP contribution in [0.5, 0.6) is 5.75 Å². The lowest BCUT2D eigenvalue weighted by atomic mass is 10.1. The topological polar surface area (TPSA) is 111 Å². The predicted octanol–water partition coefficient (Wildman–Crippen LogP) is 5.05. The first kappa shape index (κ1) is 25.6. The van der Waals surface area contributed by atoms with E-state index in [1.54, 1.807) is 30.3 Å². The maximum Gasteiger partial charge on any atom is 0.408 e. The number of nitrogens with zero attached hydrogens (tertiary/aromatic N) is 2. The Kier molecular flexibility index (Phi) is 8.34. The molecule has 0 aliphatic rings. The highest BCUT2D eigenvalue weighted by molar-refractivity contribution is 6.32. The lowest BCUT2D eigenvalue weighted by Gasteiger charge is -2.19. The molecule has 10 heteroatoms. The number of anilines is 3. The quantitative estimate of drug-likeness (QED) is 0.408. The van der Waals surface area contributed by atoms with Crippen molar-refractivity contribution in [3.8, 4) is 17.6 Å². The van der Waals surface area contributed by atoms with Gasteiger partial charge in [-0.2, -0.15) is 0 Å². The number of hydrogen-bond donors (Lipinski definition) is 3. The fourth-order valence-electron chi connectivity index (χ4n) is 2.78. The van der Waals surface area contributed by atoms with Crippen molar-refractivity contribution >= 4 is 34.9 Å². The molecular weight excluding hydrogens is 473 g/mol. The van der Waals surface area contributed by atoms with E-state index in [2.05, 4.69) is 32.4 Å². The predicted molar refractivity (Wildman–Crippen MR) is 133 cm³/mol. The Morgan fingerprint density at radius 2 is 2.00 bits per heavy atom. The normalized spacial score (nSPS) is 10.7. The Morgan fingerprint density at radius 1 is 1.20 bits per heavy atom. The number of hydrogen-bond acceptors (Lipinski definition) is 7. The minimum atomic E-state index is -0.565. The second-order valence-corrected chi connectivity index (χ2v) is 8.83. The van der Waals surface area contributed by atoms with Gasteiger partial charge in [-0.05, 0) is 62.6 Å². The number of alkyl carbamates (subject to hydrolysis) is 1. The average Bonchev–Trinajstić information content (AvgIpc) is 2.77. The lowest BCUT2D eigenvalue weighted by molar-refractivity contribution is 0.151. The summed E-state index contributed by atoms with van der Waals surface area (Å²) in [5, 5.41) is 6.09. The molecule has 182 valence electrons. The van der Waals surface area contributed by atoms with Crippen LogP contribution in [-0.4, -0.2) is 28.2 Å². The monoisotopic (exact) mass is 497 g/mol. The number of carbonyl (C=O) groups excluding carboxylic acids is 1. The van der Waals surface area contributed by atoms with Gasteiger partial charge in [-0.25, -0.2) is 19.2 Å². The van der Waals surface area contributed by atoms with Crippen LogP contribution < -0.4 is 21.1 Å². The molecule has 0 atom stereocenters. The third-order valence-electron chi connectivity index (χ3n) is 4.32. The summed E-state index contributed by atoms with van der Waals surface area (Å²) in [6.45, 7) is 5.58. The minimum Gasteiger partial charge on any atom is -0.487 e. The molecular formula is C25H25ClFN5O3. The van der Waals surface area contributed by atoms with Gasteiger partial charge in [0, 0.05) is 11.2 Å². The molecule has 0 aliphatic heterocycles. The molecule has 35 heavy (non-hydrogen) atoms. The van der Waals surface area contributed by atoms with Crippen molar-refractivity contribution in [1.29, 1.82) is 0 Å². The zero-order chi connectivity index (χ0) is 25.4. The number of nitrogen functional groups attached to an aromatic ring is 1. The number of ether oxygens (including phenoxy) is 2. The van der Waals surface area contributed by atoms with Gasteiger partial charge in [-0.1, -0.05) is 29.7 Å². The SMILES string of the molecule is CC(C)(C)NC(=O)OCC#Cc1ncnc(Nc2ccc(OCc3cccc(F)c3)c(Cl)c2)c1N. The first-order valence-corrected chi connectivity index (χ1v) is 11.0. The zero-order valence-corrected chi connectivity index (χ0v) is 20.2. The van der Waals surface area contributed by atoms with Gasteiger partial charge < -0.3 is 25.8 Å². The number of carbonyl (C=O) groups is 1. The van der Waals surface area contributed by atoms with Crippen molar-refractivity contribution in [2.75, 3.05) is 17.7 Å². The van der Waals surface area contributed by atoms with Crippen molar-refractivity contribution < 1.29 is 18.7 Å². The number of benzene rings is 2. The van der Waals surface area contributed by atoms with Crippen molar-refractivity contribution in [2.45, 2.75) is 32.9 Å². The molecule has 0 fully saturated rings. The zero-order valence-electron chi connectivity index (χ0n) is 19.5. The molecule has 0 saturated heterocycles. The Morgan fingerprint density at radius 3 is 2.71 bits per heavy atom. The minimum absolute atomic E-state index is 0.124. The summed E-state index contributed by atoms with van der Waals surface area (Å²) >= 11 is 6.34. The molecule has 0 radical (unpaired) electrons. The number of aromatic nitrogens is 2.